The molecule has 0 amide bonds. The van der Waals surface area contributed by atoms with Crippen molar-refractivity contribution in [3.05, 3.63) is 0 Å². The maximum Gasteiger partial charge on any atom is 0.303 e. The van der Waals surface area contributed by atoms with Gasteiger partial charge in [-0.05, 0) is 56.0 Å². The van der Waals surface area contributed by atoms with Crippen molar-refractivity contribution >= 4 is 5.97 Å². The monoisotopic (exact) mass is 239 g/mol. The highest BCUT2D eigenvalue weighted by atomic mass is 16.4. The van der Waals surface area contributed by atoms with E-state index in [0.717, 1.165) is 32.5 Å². The van der Waals surface area contributed by atoms with Crippen molar-refractivity contribution in [1.29, 1.82) is 0 Å². The first-order valence-electron chi connectivity index (χ1n) is 6.85. The Labute approximate surface area is 104 Å². The number of rotatable bonds is 4. The average molecular weight is 239 g/mol. The SMILES string of the molecule is CC1(C)CCCN(CC2(CC(=O)O)CC2)CC1. The Morgan fingerprint density at radius 2 is 1.88 bits per heavy atom. The van der Waals surface area contributed by atoms with Gasteiger partial charge in [-0.3, -0.25) is 4.79 Å². The topological polar surface area (TPSA) is 40.5 Å². The number of nitrogens with zero attached hydrogens (tertiary/aromatic N) is 1. The molecule has 0 aromatic heterocycles. The summed E-state index contributed by atoms with van der Waals surface area (Å²) in [7, 11) is 0. The van der Waals surface area contributed by atoms with Gasteiger partial charge in [0.1, 0.15) is 0 Å². The molecule has 17 heavy (non-hydrogen) atoms. The van der Waals surface area contributed by atoms with Crippen molar-refractivity contribution in [3.63, 3.8) is 0 Å². The number of hydrogen-bond acceptors (Lipinski definition) is 2. The third-order valence-corrected chi connectivity index (χ3v) is 4.48. The first kappa shape index (κ1) is 12.9. The second kappa shape index (κ2) is 4.60. The van der Waals surface area contributed by atoms with E-state index < -0.39 is 5.97 Å². The molecular weight excluding hydrogens is 214 g/mol. The van der Waals surface area contributed by atoms with Crippen LogP contribution in [0.4, 0.5) is 0 Å². The summed E-state index contributed by atoms with van der Waals surface area (Å²) in [6.45, 7) is 8.01. The van der Waals surface area contributed by atoms with E-state index in [2.05, 4.69) is 18.7 Å². The molecule has 1 N–H and O–H groups in total. The lowest BCUT2D eigenvalue weighted by Crippen LogP contribution is -2.33. The van der Waals surface area contributed by atoms with Gasteiger partial charge < -0.3 is 10.0 Å². The predicted octanol–water partition coefficient (Wildman–Crippen LogP) is 2.75. The van der Waals surface area contributed by atoms with Crippen molar-refractivity contribution in [1.82, 2.24) is 4.90 Å². The van der Waals surface area contributed by atoms with Gasteiger partial charge in [0, 0.05) is 6.54 Å². The first-order valence-corrected chi connectivity index (χ1v) is 6.85. The standard InChI is InChI=1S/C14H25NO2/c1-13(2)4-3-8-15(9-7-13)11-14(5-6-14)10-12(16)17/h3-11H2,1-2H3,(H,16,17). The fourth-order valence-electron chi connectivity index (χ4n) is 3.00. The van der Waals surface area contributed by atoms with Gasteiger partial charge in [-0.2, -0.15) is 0 Å². The van der Waals surface area contributed by atoms with E-state index >= 15 is 0 Å². The third-order valence-electron chi connectivity index (χ3n) is 4.48. The summed E-state index contributed by atoms with van der Waals surface area (Å²) in [5.74, 6) is -0.627. The molecule has 1 saturated carbocycles. The Hall–Kier alpha value is -0.570. The quantitative estimate of drug-likeness (QED) is 0.820. The third kappa shape index (κ3) is 3.70. The van der Waals surface area contributed by atoms with Crippen LogP contribution in [0.5, 0.6) is 0 Å². The van der Waals surface area contributed by atoms with Gasteiger partial charge in [-0.25, -0.2) is 0 Å². The molecule has 0 bridgehead atoms. The van der Waals surface area contributed by atoms with Crippen LogP contribution in [0.1, 0.15) is 52.4 Å². The van der Waals surface area contributed by atoms with Gasteiger partial charge in [0.15, 0.2) is 0 Å². The maximum atomic E-state index is 10.8. The molecule has 0 atom stereocenters. The van der Waals surface area contributed by atoms with Gasteiger partial charge in [0.05, 0.1) is 6.42 Å². The summed E-state index contributed by atoms with van der Waals surface area (Å²) < 4.78 is 0. The van der Waals surface area contributed by atoms with Crippen molar-refractivity contribution in [2.24, 2.45) is 10.8 Å². The molecule has 3 heteroatoms. The van der Waals surface area contributed by atoms with Crippen LogP contribution in [0.25, 0.3) is 0 Å². The number of aliphatic carboxylic acids is 1. The van der Waals surface area contributed by atoms with E-state index in [1.54, 1.807) is 0 Å². The molecule has 0 aromatic rings. The van der Waals surface area contributed by atoms with Gasteiger partial charge in [0.2, 0.25) is 0 Å². The fourth-order valence-corrected chi connectivity index (χ4v) is 3.00. The Morgan fingerprint density at radius 1 is 1.18 bits per heavy atom. The van der Waals surface area contributed by atoms with Gasteiger partial charge in [-0.15, -0.1) is 0 Å². The highest BCUT2D eigenvalue weighted by molar-refractivity contribution is 5.68. The molecule has 0 unspecified atom stereocenters. The molecule has 1 aliphatic carbocycles. The normalized spacial score (nSPS) is 27.4. The summed E-state index contributed by atoms with van der Waals surface area (Å²) >= 11 is 0. The van der Waals surface area contributed by atoms with Crippen LogP contribution in [0.2, 0.25) is 0 Å². The molecule has 98 valence electrons. The molecule has 2 rings (SSSR count). The molecule has 1 saturated heterocycles. The van der Waals surface area contributed by atoms with Crippen LogP contribution in [-0.2, 0) is 4.79 Å². The van der Waals surface area contributed by atoms with Gasteiger partial charge >= 0.3 is 5.97 Å². The van der Waals surface area contributed by atoms with E-state index in [0.29, 0.717) is 11.8 Å². The molecule has 0 radical (unpaired) electrons. The minimum absolute atomic E-state index is 0.125. The average Bonchev–Trinajstić information content (AvgIpc) is 2.94. The molecule has 1 heterocycles. The molecule has 0 spiro atoms. The first-order chi connectivity index (χ1) is 7.91. The van der Waals surface area contributed by atoms with Crippen molar-refractivity contribution in [2.75, 3.05) is 19.6 Å². The van der Waals surface area contributed by atoms with Crippen LogP contribution in [0.3, 0.4) is 0 Å². The summed E-state index contributed by atoms with van der Waals surface area (Å²) in [5.41, 5.74) is 0.596. The molecular formula is C14H25NO2. The summed E-state index contributed by atoms with van der Waals surface area (Å²) in [6, 6.07) is 0. The minimum Gasteiger partial charge on any atom is -0.481 e. The van der Waals surface area contributed by atoms with Crippen LogP contribution in [-0.4, -0.2) is 35.6 Å². The zero-order chi connectivity index (χ0) is 12.5. The maximum absolute atomic E-state index is 10.8. The van der Waals surface area contributed by atoms with E-state index in [-0.39, 0.29) is 5.41 Å². The lowest BCUT2D eigenvalue weighted by molar-refractivity contribution is -0.138. The van der Waals surface area contributed by atoms with E-state index in [1.165, 1.54) is 19.3 Å². The zero-order valence-electron chi connectivity index (χ0n) is 11.2. The predicted molar refractivity (Wildman–Crippen MR) is 68.0 cm³/mol. The minimum atomic E-state index is -0.627. The van der Waals surface area contributed by atoms with Crippen molar-refractivity contribution in [3.8, 4) is 0 Å². The van der Waals surface area contributed by atoms with Crippen molar-refractivity contribution in [2.45, 2.75) is 52.4 Å². The van der Waals surface area contributed by atoms with Crippen LogP contribution >= 0.6 is 0 Å². The lowest BCUT2D eigenvalue weighted by atomic mass is 9.85. The van der Waals surface area contributed by atoms with E-state index in [4.69, 9.17) is 5.11 Å². The Bertz CT molecular complexity index is 295. The number of carboxylic acid groups (broad SMARTS) is 1. The number of likely N-dealkylation sites (tertiary alicyclic amines) is 1. The summed E-state index contributed by atoms with van der Waals surface area (Å²) in [6.07, 6.45) is 6.40. The highest BCUT2D eigenvalue weighted by Crippen LogP contribution is 2.49. The van der Waals surface area contributed by atoms with Gasteiger partial charge in [0.25, 0.3) is 0 Å². The largest absolute Gasteiger partial charge is 0.481 e. The van der Waals surface area contributed by atoms with E-state index in [9.17, 15) is 4.79 Å². The Balaban J connectivity index is 1.85. The number of carbonyl (C=O) groups is 1. The zero-order valence-corrected chi connectivity index (χ0v) is 11.2. The van der Waals surface area contributed by atoms with E-state index in [1.807, 2.05) is 0 Å². The Morgan fingerprint density at radius 3 is 2.47 bits per heavy atom. The molecule has 1 aliphatic heterocycles. The number of carboxylic acids is 1. The van der Waals surface area contributed by atoms with Gasteiger partial charge in [-0.1, -0.05) is 13.8 Å². The second-order valence-corrected chi connectivity index (χ2v) is 6.86. The smallest absolute Gasteiger partial charge is 0.303 e. The van der Waals surface area contributed by atoms with Crippen LogP contribution in [0, 0.1) is 10.8 Å². The highest BCUT2D eigenvalue weighted by Gasteiger charge is 2.45. The van der Waals surface area contributed by atoms with Crippen molar-refractivity contribution < 1.29 is 9.90 Å². The molecule has 3 nitrogen and oxygen atoms in total. The summed E-state index contributed by atoms with van der Waals surface area (Å²) in [5, 5.41) is 8.94. The molecule has 2 aliphatic rings. The van der Waals surface area contributed by atoms with Crippen LogP contribution < -0.4 is 0 Å². The molecule has 2 fully saturated rings. The second-order valence-electron chi connectivity index (χ2n) is 6.86. The Kier molecular flexibility index (Phi) is 3.48. The summed E-state index contributed by atoms with van der Waals surface area (Å²) in [4.78, 5) is 13.4. The lowest BCUT2D eigenvalue weighted by Gasteiger charge is -2.26. The van der Waals surface area contributed by atoms with Crippen LogP contribution in [0.15, 0.2) is 0 Å². The number of hydrogen-bond donors (Lipinski definition) is 1. The molecule has 0 aromatic carbocycles. The fraction of sp³-hybridized carbons (Fsp3) is 0.929.